The van der Waals surface area contributed by atoms with Crippen molar-refractivity contribution in [3.63, 3.8) is 0 Å². The molecule has 0 bridgehead atoms. The lowest BCUT2D eigenvalue weighted by Crippen LogP contribution is -2.36. The molecule has 0 aliphatic rings. The van der Waals surface area contributed by atoms with Gasteiger partial charge in [-0.3, -0.25) is 9.59 Å². The Labute approximate surface area is 249 Å². The molecule has 0 aromatic heterocycles. The standard InChI is InChI=1S/C33H33N3O7/c37-28-16-8-7-14-26(28)31(38)35-20-21-41-33(40)36-19-18-34-32(39)27-15-9-17-29(42-22-24-10-3-1-4-11-24)30(27)43-23-25-12-5-2-6-13-25/h1-17,37H,18-23H2,(H,34,39)(H,35,38)(H,36,40). The third kappa shape index (κ3) is 9.53. The molecule has 0 radical (unpaired) electrons. The number of ether oxygens (including phenoxy) is 3. The van der Waals surface area contributed by atoms with E-state index >= 15 is 0 Å². The van der Waals surface area contributed by atoms with Gasteiger partial charge in [-0.2, -0.15) is 0 Å². The van der Waals surface area contributed by atoms with E-state index in [-0.39, 0.29) is 44.2 Å². The zero-order valence-corrected chi connectivity index (χ0v) is 23.5. The summed E-state index contributed by atoms with van der Waals surface area (Å²) in [4.78, 5) is 37.2. The molecule has 0 atom stereocenters. The number of benzene rings is 4. The van der Waals surface area contributed by atoms with Crippen LogP contribution in [0.1, 0.15) is 31.8 Å². The van der Waals surface area contributed by atoms with Gasteiger partial charge in [-0.25, -0.2) is 4.79 Å². The molecule has 43 heavy (non-hydrogen) atoms. The van der Waals surface area contributed by atoms with Crippen LogP contribution in [0.25, 0.3) is 0 Å². The SMILES string of the molecule is O=C(NCCNC(=O)c1cccc(OCc2ccccc2)c1OCc1ccccc1)OCCNC(=O)c1ccccc1O. The molecule has 3 amide bonds. The van der Waals surface area contributed by atoms with E-state index < -0.39 is 17.9 Å². The molecule has 0 unspecified atom stereocenters. The van der Waals surface area contributed by atoms with E-state index in [9.17, 15) is 19.5 Å². The Morgan fingerprint density at radius 1 is 0.581 bits per heavy atom. The van der Waals surface area contributed by atoms with Gasteiger partial charge in [-0.05, 0) is 35.4 Å². The van der Waals surface area contributed by atoms with Gasteiger partial charge in [-0.1, -0.05) is 78.9 Å². The van der Waals surface area contributed by atoms with E-state index in [1.807, 2.05) is 60.7 Å². The molecule has 0 heterocycles. The van der Waals surface area contributed by atoms with Crippen molar-refractivity contribution in [3.8, 4) is 17.2 Å². The zero-order chi connectivity index (χ0) is 30.3. The van der Waals surface area contributed by atoms with Crippen LogP contribution in [0.2, 0.25) is 0 Å². The molecule has 222 valence electrons. The molecule has 0 fully saturated rings. The Balaban J connectivity index is 1.25. The fraction of sp³-hybridized carbons (Fsp3) is 0.182. The van der Waals surface area contributed by atoms with Crippen molar-refractivity contribution >= 4 is 17.9 Å². The minimum atomic E-state index is -0.700. The third-order valence-electron chi connectivity index (χ3n) is 6.14. The van der Waals surface area contributed by atoms with E-state index in [0.29, 0.717) is 23.7 Å². The quantitative estimate of drug-likeness (QED) is 0.161. The summed E-state index contributed by atoms with van der Waals surface area (Å²) in [5.41, 5.74) is 2.34. The second-order valence-electron chi connectivity index (χ2n) is 9.27. The maximum atomic E-state index is 13.1. The summed E-state index contributed by atoms with van der Waals surface area (Å²) >= 11 is 0. The highest BCUT2D eigenvalue weighted by atomic mass is 16.5. The lowest BCUT2D eigenvalue weighted by Gasteiger charge is -2.17. The number of para-hydroxylation sites is 2. The highest BCUT2D eigenvalue weighted by Crippen LogP contribution is 2.33. The first-order chi connectivity index (χ1) is 21.0. The summed E-state index contributed by atoms with van der Waals surface area (Å²) in [6.07, 6.45) is -0.700. The van der Waals surface area contributed by atoms with Gasteiger partial charge in [0.25, 0.3) is 11.8 Å². The van der Waals surface area contributed by atoms with Gasteiger partial charge >= 0.3 is 6.09 Å². The summed E-state index contributed by atoms with van der Waals surface area (Å²) in [6, 6.07) is 30.5. The Morgan fingerprint density at radius 3 is 1.84 bits per heavy atom. The molecule has 4 aromatic carbocycles. The molecular formula is C33H33N3O7. The minimum absolute atomic E-state index is 0.0613. The normalized spacial score (nSPS) is 10.3. The average Bonchev–Trinajstić information content (AvgIpc) is 3.04. The van der Waals surface area contributed by atoms with E-state index in [1.54, 1.807) is 30.3 Å². The lowest BCUT2D eigenvalue weighted by atomic mass is 10.1. The molecule has 0 aliphatic carbocycles. The second kappa shape index (κ2) is 16.1. The molecule has 0 aliphatic heterocycles. The highest BCUT2D eigenvalue weighted by molar-refractivity contribution is 5.98. The molecule has 4 N–H and O–H groups in total. The monoisotopic (exact) mass is 583 g/mol. The molecule has 0 saturated heterocycles. The Morgan fingerprint density at radius 2 is 1.14 bits per heavy atom. The van der Waals surface area contributed by atoms with Crippen LogP contribution < -0.4 is 25.4 Å². The van der Waals surface area contributed by atoms with Gasteiger partial charge in [0.15, 0.2) is 11.5 Å². The number of hydrogen-bond acceptors (Lipinski definition) is 7. The van der Waals surface area contributed by atoms with E-state index in [2.05, 4.69) is 16.0 Å². The summed E-state index contributed by atoms with van der Waals surface area (Å²) in [5.74, 6) is -0.259. The third-order valence-corrected chi connectivity index (χ3v) is 6.14. The lowest BCUT2D eigenvalue weighted by molar-refractivity contribution is 0.0931. The number of hydrogen-bond donors (Lipinski definition) is 4. The highest BCUT2D eigenvalue weighted by Gasteiger charge is 2.18. The van der Waals surface area contributed by atoms with Crippen molar-refractivity contribution < 1.29 is 33.7 Å². The summed E-state index contributed by atoms with van der Waals surface area (Å²) in [7, 11) is 0. The van der Waals surface area contributed by atoms with E-state index in [4.69, 9.17) is 14.2 Å². The number of alkyl carbamates (subject to hydrolysis) is 1. The van der Waals surface area contributed by atoms with Crippen molar-refractivity contribution in [1.29, 1.82) is 0 Å². The molecule has 4 rings (SSSR count). The maximum Gasteiger partial charge on any atom is 0.407 e. The van der Waals surface area contributed by atoms with Crippen molar-refractivity contribution in [1.82, 2.24) is 16.0 Å². The first kappa shape index (κ1) is 30.4. The van der Waals surface area contributed by atoms with Gasteiger partial charge in [0.05, 0.1) is 17.7 Å². The topological polar surface area (TPSA) is 135 Å². The predicted molar refractivity (Wildman–Crippen MR) is 160 cm³/mol. The van der Waals surface area contributed by atoms with Gasteiger partial charge in [-0.15, -0.1) is 0 Å². The summed E-state index contributed by atoms with van der Waals surface area (Å²) in [6.45, 7) is 0.775. The van der Waals surface area contributed by atoms with Crippen LogP contribution in [0.5, 0.6) is 17.2 Å². The smallest absolute Gasteiger partial charge is 0.407 e. The Bertz CT molecular complexity index is 1500. The van der Waals surface area contributed by atoms with Crippen LogP contribution >= 0.6 is 0 Å². The van der Waals surface area contributed by atoms with Crippen molar-refractivity contribution in [2.24, 2.45) is 0 Å². The van der Waals surface area contributed by atoms with Crippen LogP contribution in [-0.2, 0) is 18.0 Å². The fourth-order valence-electron chi connectivity index (χ4n) is 3.98. The average molecular weight is 584 g/mol. The van der Waals surface area contributed by atoms with Crippen LogP contribution in [0.3, 0.4) is 0 Å². The summed E-state index contributed by atoms with van der Waals surface area (Å²) in [5, 5.41) is 17.6. The zero-order valence-electron chi connectivity index (χ0n) is 23.5. The van der Waals surface area contributed by atoms with Crippen LogP contribution in [0, 0.1) is 0 Å². The Kier molecular flexibility index (Phi) is 11.4. The molecule has 0 spiro atoms. The maximum absolute atomic E-state index is 13.1. The van der Waals surface area contributed by atoms with Crippen LogP contribution in [-0.4, -0.2) is 49.3 Å². The number of amides is 3. The number of rotatable bonds is 14. The second-order valence-corrected chi connectivity index (χ2v) is 9.27. The molecule has 10 nitrogen and oxygen atoms in total. The number of phenolic OH excluding ortho intramolecular Hbond substituents is 1. The van der Waals surface area contributed by atoms with Gasteiger partial charge < -0.3 is 35.3 Å². The van der Waals surface area contributed by atoms with Gasteiger partial charge in [0.2, 0.25) is 0 Å². The van der Waals surface area contributed by atoms with E-state index in [1.165, 1.54) is 12.1 Å². The van der Waals surface area contributed by atoms with E-state index in [0.717, 1.165) is 11.1 Å². The van der Waals surface area contributed by atoms with Crippen LogP contribution in [0.15, 0.2) is 103 Å². The Hall–Kier alpha value is -5.51. The largest absolute Gasteiger partial charge is 0.507 e. The molecule has 0 saturated carbocycles. The predicted octanol–water partition coefficient (Wildman–Crippen LogP) is 4.44. The number of aromatic hydroxyl groups is 1. The number of carbonyl (C=O) groups is 3. The molecule has 10 heteroatoms. The fourth-order valence-corrected chi connectivity index (χ4v) is 3.98. The first-order valence-electron chi connectivity index (χ1n) is 13.7. The number of nitrogens with one attached hydrogen (secondary N) is 3. The first-order valence-corrected chi connectivity index (χ1v) is 13.7. The van der Waals surface area contributed by atoms with Crippen molar-refractivity contribution in [2.75, 3.05) is 26.2 Å². The van der Waals surface area contributed by atoms with Gasteiger partial charge in [0, 0.05) is 13.1 Å². The minimum Gasteiger partial charge on any atom is -0.507 e. The van der Waals surface area contributed by atoms with Crippen molar-refractivity contribution in [3.05, 3.63) is 125 Å². The number of carbonyl (C=O) groups excluding carboxylic acids is 3. The summed E-state index contributed by atoms with van der Waals surface area (Å²) < 4.78 is 17.2. The van der Waals surface area contributed by atoms with Gasteiger partial charge in [0.1, 0.15) is 25.6 Å². The molecule has 4 aromatic rings. The number of phenols is 1. The van der Waals surface area contributed by atoms with Crippen molar-refractivity contribution in [2.45, 2.75) is 13.2 Å². The van der Waals surface area contributed by atoms with Crippen LogP contribution in [0.4, 0.5) is 4.79 Å². The molecular weight excluding hydrogens is 550 g/mol.